The topological polar surface area (TPSA) is 66.2 Å². The van der Waals surface area contributed by atoms with E-state index in [4.69, 9.17) is 10.00 Å². The molecule has 0 saturated carbocycles. The van der Waals surface area contributed by atoms with Crippen molar-refractivity contribution in [1.29, 1.82) is 5.26 Å². The van der Waals surface area contributed by atoms with E-state index in [9.17, 15) is 18.0 Å². The molecule has 0 radical (unpaired) electrons. The molecule has 1 amide bonds. The Morgan fingerprint density at radius 1 is 1.10 bits per heavy atom. The highest BCUT2D eigenvalue weighted by Gasteiger charge is 2.30. The fourth-order valence-electron chi connectivity index (χ4n) is 3.41. The number of pyridine rings is 1. The highest BCUT2D eigenvalue weighted by atomic mass is 19.4. The van der Waals surface area contributed by atoms with Gasteiger partial charge < -0.3 is 9.64 Å². The molecule has 1 aliphatic heterocycles. The molecule has 2 heterocycles. The van der Waals surface area contributed by atoms with E-state index in [-0.39, 0.29) is 18.9 Å². The number of ether oxygens (including phenoxy) is 1. The summed E-state index contributed by atoms with van der Waals surface area (Å²) >= 11 is 0. The van der Waals surface area contributed by atoms with Gasteiger partial charge in [0.2, 0.25) is 5.91 Å². The van der Waals surface area contributed by atoms with Crippen molar-refractivity contribution in [3.05, 3.63) is 77.6 Å². The van der Waals surface area contributed by atoms with Gasteiger partial charge in [-0.25, -0.2) is 0 Å². The van der Waals surface area contributed by atoms with Crippen LogP contribution >= 0.6 is 0 Å². The average molecular weight is 423 g/mol. The maximum Gasteiger partial charge on any atom is 0.416 e. The summed E-state index contributed by atoms with van der Waals surface area (Å²) in [4.78, 5) is 18.7. The molecule has 156 valence electrons. The van der Waals surface area contributed by atoms with Crippen LogP contribution in [0.15, 0.2) is 60.9 Å². The lowest BCUT2D eigenvalue weighted by Crippen LogP contribution is -2.39. The van der Waals surface area contributed by atoms with Gasteiger partial charge in [0, 0.05) is 11.8 Å². The second-order valence-corrected chi connectivity index (χ2v) is 6.99. The summed E-state index contributed by atoms with van der Waals surface area (Å²) in [6, 6.07) is 13.6. The minimum atomic E-state index is -4.42. The van der Waals surface area contributed by atoms with Gasteiger partial charge in [-0.2, -0.15) is 18.4 Å². The number of hydrogen-bond donors (Lipinski definition) is 0. The van der Waals surface area contributed by atoms with E-state index in [2.05, 4.69) is 11.1 Å². The van der Waals surface area contributed by atoms with Crippen LogP contribution in [0.3, 0.4) is 0 Å². The first kappa shape index (κ1) is 20.4. The van der Waals surface area contributed by atoms with Crippen molar-refractivity contribution < 1.29 is 22.7 Å². The summed E-state index contributed by atoms with van der Waals surface area (Å²) in [7, 11) is 0. The Morgan fingerprint density at radius 3 is 2.45 bits per heavy atom. The number of fused-ring (bicyclic) bond motifs is 1. The number of carbonyl (C=O) groups excluding carboxylic acids is 1. The fraction of sp³-hybridized carbons (Fsp3) is 0.174. The standard InChI is InChI=1S/C23H16F3N3O2/c24-23(25,26)18-7-3-15(4-8-18)11-21(30)29-9-10-31-22-19(13-28-14-20(22)29)17-5-1-16(12-27)2-6-17/h1-8,13-14H,9-11H2. The number of anilines is 1. The first-order valence-electron chi connectivity index (χ1n) is 9.44. The molecule has 2 aromatic carbocycles. The summed E-state index contributed by atoms with van der Waals surface area (Å²) < 4.78 is 44.1. The molecule has 4 rings (SSSR count). The molecule has 1 aromatic heterocycles. The number of carbonyl (C=O) groups is 1. The zero-order chi connectivity index (χ0) is 22.0. The van der Waals surface area contributed by atoms with Gasteiger partial charge in [-0.05, 0) is 35.4 Å². The maximum absolute atomic E-state index is 12.9. The van der Waals surface area contributed by atoms with Crippen molar-refractivity contribution in [2.75, 3.05) is 18.1 Å². The van der Waals surface area contributed by atoms with Crippen molar-refractivity contribution >= 4 is 11.6 Å². The lowest BCUT2D eigenvalue weighted by molar-refractivity contribution is -0.137. The Kier molecular flexibility index (Phi) is 5.34. The van der Waals surface area contributed by atoms with E-state index >= 15 is 0 Å². The van der Waals surface area contributed by atoms with Crippen molar-refractivity contribution in [1.82, 2.24) is 4.98 Å². The van der Waals surface area contributed by atoms with Crippen LogP contribution in [0.2, 0.25) is 0 Å². The van der Waals surface area contributed by atoms with Gasteiger partial charge in [-0.15, -0.1) is 0 Å². The SMILES string of the molecule is N#Cc1ccc(-c2cncc3c2OCCN3C(=O)Cc2ccc(C(F)(F)F)cc2)cc1. The van der Waals surface area contributed by atoms with Crippen molar-refractivity contribution in [3.63, 3.8) is 0 Å². The Balaban J connectivity index is 1.59. The van der Waals surface area contributed by atoms with Gasteiger partial charge >= 0.3 is 6.18 Å². The highest BCUT2D eigenvalue weighted by Crippen LogP contribution is 2.40. The summed E-state index contributed by atoms with van der Waals surface area (Å²) in [5.74, 6) is 0.245. The van der Waals surface area contributed by atoms with Crippen molar-refractivity contribution in [3.8, 4) is 22.9 Å². The molecule has 0 N–H and O–H groups in total. The molecule has 0 unspecified atom stereocenters. The Hall–Kier alpha value is -3.86. The molecule has 3 aromatic rings. The second-order valence-electron chi connectivity index (χ2n) is 6.99. The smallest absolute Gasteiger partial charge is 0.416 e. The number of hydrogen-bond acceptors (Lipinski definition) is 4. The van der Waals surface area contributed by atoms with Crippen LogP contribution in [0, 0.1) is 11.3 Å². The highest BCUT2D eigenvalue weighted by molar-refractivity contribution is 5.98. The molecular weight excluding hydrogens is 407 g/mol. The van der Waals surface area contributed by atoms with Gasteiger partial charge in [0.15, 0.2) is 5.75 Å². The Labute approximate surface area is 176 Å². The normalized spacial score (nSPS) is 13.2. The number of amides is 1. The van der Waals surface area contributed by atoms with Crippen LogP contribution in [0.4, 0.5) is 18.9 Å². The third-order valence-corrected chi connectivity index (χ3v) is 4.99. The van der Waals surface area contributed by atoms with Gasteiger partial charge in [0.05, 0.1) is 36.4 Å². The number of nitriles is 1. The number of halogens is 3. The van der Waals surface area contributed by atoms with Gasteiger partial charge in [0.25, 0.3) is 0 Å². The van der Waals surface area contributed by atoms with Crippen LogP contribution in [-0.2, 0) is 17.4 Å². The summed E-state index contributed by atoms with van der Waals surface area (Å²) in [5, 5.41) is 8.98. The molecule has 0 atom stereocenters. The Bertz CT molecular complexity index is 1150. The summed E-state index contributed by atoms with van der Waals surface area (Å²) in [5.41, 5.74) is 2.24. The molecule has 31 heavy (non-hydrogen) atoms. The van der Waals surface area contributed by atoms with E-state index in [1.807, 2.05) is 0 Å². The lowest BCUT2D eigenvalue weighted by Gasteiger charge is -2.30. The predicted molar refractivity (Wildman–Crippen MR) is 107 cm³/mol. The molecular formula is C23H16F3N3O2. The van der Waals surface area contributed by atoms with E-state index in [0.29, 0.717) is 34.7 Å². The van der Waals surface area contributed by atoms with Gasteiger partial charge in [0.1, 0.15) is 12.3 Å². The fourth-order valence-corrected chi connectivity index (χ4v) is 3.41. The molecule has 0 bridgehead atoms. The third-order valence-electron chi connectivity index (χ3n) is 4.99. The number of aromatic nitrogens is 1. The van der Waals surface area contributed by atoms with Crippen LogP contribution < -0.4 is 9.64 Å². The van der Waals surface area contributed by atoms with E-state index in [1.54, 1.807) is 30.5 Å². The lowest BCUT2D eigenvalue weighted by atomic mass is 10.0. The quantitative estimate of drug-likeness (QED) is 0.617. The van der Waals surface area contributed by atoms with E-state index < -0.39 is 11.7 Å². The molecule has 1 aliphatic rings. The number of benzene rings is 2. The van der Waals surface area contributed by atoms with Crippen LogP contribution in [0.1, 0.15) is 16.7 Å². The average Bonchev–Trinajstić information content (AvgIpc) is 2.78. The van der Waals surface area contributed by atoms with Crippen LogP contribution in [0.5, 0.6) is 5.75 Å². The minimum absolute atomic E-state index is 0.0430. The Morgan fingerprint density at radius 2 is 1.81 bits per heavy atom. The largest absolute Gasteiger partial charge is 0.489 e. The maximum atomic E-state index is 12.9. The molecule has 0 aliphatic carbocycles. The molecule has 5 nitrogen and oxygen atoms in total. The number of rotatable bonds is 3. The van der Waals surface area contributed by atoms with Crippen LogP contribution in [-0.4, -0.2) is 24.0 Å². The second kappa shape index (κ2) is 8.11. The first-order chi connectivity index (χ1) is 14.9. The minimum Gasteiger partial charge on any atom is -0.489 e. The van der Waals surface area contributed by atoms with Gasteiger partial charge in [-0.1, -0.05) is 24.3 Å². The van der Waals surface area contributed by atoms with Crippen molar-refractivity contribution in [2.24, 2.45) is 0 Å². The van der Waals surface area contributed by atoms with E-state index in [1.165, 1.54) is 23.2 Å². The number of nitrogens with zero attached hydrogens (tertiary/aromatic N) is 3. The van der Waals surface area contributed by atoms with Gasteiger partial charge in [-0.3, -0.25) is 9.78 Å². The molecule has 0 saturated heterocycles. The zero-order valence-corrected chi connectivity index (χ0v) is 16.2. The molecule has 8 heteroatoms. The van der Waals surface area contributed by atoms with E-state index in [0.717, 1.165) is 17.7 Å². The first-order valence-corrected chi connectivity index (χ1v) is 9.44. The molecule has 0 spiro atoms. The number of alkyl halides is 3. The van der Waals surface area contributed by atoms with Crippen LogP contribution in [0.25, 0.3) is 11.1 Å². The summed E-state index contributed by atoms with van der Waals surface area (Å²) in [6.07, 6.45) is -1.30. The third kappa shape index (κ3) is 4.21. The predicted octanol–water partition coefficient (Wildman–Crippen LogP) is 4.61. The zero-order valence-electron chi connectivity index (χ0n) is 16.2. The monoisotopic (exact) mass is 423 g/mol. The summed E-state index contributed by atoms with van der Waals surface area (Å²) in [6.45, 7) is 0.587. The van der Waals surface area contributed by atoms with Crippen molar-refractivity contribution in [2.45, 2.75) is 12.6 Å². The molecule has 0 fully saturated rings.